The second-order valence-corrected chi connectivity index (χ2v) is 8.93. The summed E-state index contributed by atoms with van der Waals surface area (Å²) in [5.41, 5.74) is 4.39. The first kappa shape index (κ1) is 21.8. The Hall–Kier alpha value is -3.06. The number of ether oxygens (including phenoxy) is 1. The van der Waals surface area contributed by atoms with Gasteiger partial charge in [-0.2, -0.15) is 4.98 Å². The van der Waals surface area contributed by atoms with Gasteiger partial charge in [0.1, 0.15) is 5.75 Å². The maximum absolute atomic E-state index is 13.8. The SMILES string of the molecule is Cc1cccc(CN2CCc3nc(N4CCCCC4)nc(Oc4ccc(F)c(F)c4)c3C2)c1. The van der Waals surface area contributed by atoms with Crippen molar-refractivity contribution < 1.29 is 13.5 Å². The number of aryl methyl sites for hydroxylation is 1. The first-order valence-corrected chi connectivity index (χ1v) is 11.6. The van der Waals surface area contributed by atoms with Crippen LogP contribution < -0.4 is 9.64 Å². The number of hydrogen-bond donors (Lipinski definition) is 0. The van der Waals surface area contributed by atoms with Gasteiger partial charge in [-0.1, -0.05) is 29.8 Å². The van der Waals surface area contributed by atoms with Crippen LogP contribution in [-0.2, 0) is 19.5 Å². The van der Waals surface area contributed by atoms with Gasteiger partial charge in [-0.3, -0.25) is 4.90 Å². The summed E-state index contributed by atoms with van der Waals surface area (Å²) < 4.78 is 33.3. The molecule has 3 heterocycles. The monoisotopic (exact) mass is 450 g/mol. The molecule has 7 heteroatoms. The highest BCUT2D eigenvalue weighted by Crippen LogP contribution is 2.33. The number of hydrogen-bond acceptors (Lipinski definition) is 5. The van der Waals surface area contributed by atoms with E-state index in [0.717, 1.165) is 68.8 Å². The molecule has 0 atom stereocenters. The van der Waals surface area contributed by atoms with Crippen molar-refractivity contribution in [3.63, 3.8) is 0 Å². The van der Waals surface area contributed by atoms with Gasteiger partial charge in [0.25, 0.3) is 0 Å². The second-order valence-electron chi connectivity index (χ2n) is 8.93. The number of anilines is 1. The molecule has 5 nitrogen and oxygen atoms in total. The van der Waals surface area contributed by atoms with Crippen molar-refractivity contribution in [1.82, 2.24) is 14.9 Å². The molecule has 1 aromatic heterocycles. The zero-order valence-corrected chi connectivity index (χ0v) is 18.9. The standard InChI is InChI=1S/C26H28F2N4O/c1-18-6-5-7-19(14-18)16-31-13-10-24-21(17-31)25(33-20-8-9-22(27)23(28)15-20)30-26(29-24)32-11-3-2-4-12-32/h5-9,14-15H,2-4,10-13,16-17H2,1H3. The van der Waals surface area contributed by atoms with Crippen molar-refractivity contribution in [3.05, 3.63) is 76.5 Å². The molecule has 0 aliphatic carbocycles. The van der Waals surface area contributed by atoms with Crippen molar-refractivity contribution in [2.24, 2.45) is 0 Å². The van der Waals surface area contributed by atoms with Crippen molar-refractivity contribution in [2.75, 3.05) is 24.5 Å². The summed E-state index contributed by atoms with van der Waals surface area (Å²) in [5, 5.41) is 0. The van der Waals surface area contributed by atoms with Crippen molar-refractivity contribution in [1.29, 1.82) is 0 Å². The van der Waals surface area contributed by atoms with E-state index >= 15 is 0 Å². The van der Waals surface area contributed by atoms with Crippen LogP contribution in [0.4, 0.5) is 14.7 Å². The quantitative estimate of drug-likeness (QED) is 0.520. The fourth-order valence-corrected chi connectivity index (χ4v) is 4.60. The number of halogens is 2. The molecular formula is C26H28F2N4O. The molecular weight excluding hydrogens is 422 g/mol. The van der Waals surface area contributed by atoms with Gasteiger partial charge in [0, 0.05) is 45.2 Å². The van der Waals surface area contributed by atoms with Gasteiger partial charge in [0.05, 0.1) is 11.3 Å². The fraction of sp³-hybridized carbons (Fsp3) is 0.385. The van der Waals surface area contributed by atoms with Crippen LogP contribution in [0.15, 0.2) is 42.5 Å². The third kappa shape index (κ3) is 4.98. The Morgan fingerprint density at radius 1 is 0.939 bits per heavy atom. The maximum atomic E-state index is 13.8. The average molecular weight is 451 g/mol. The van der Waals surface area contributed by atoms with E-state index in [-0.39, 0.29) is 5.75 Å². The van der Waals surface area contributed by atoms with Crippen molar-refractivity contribution in [2.45, 2.75) is 45.7 Å². The smallest absolute Gasteiger partial charge is 0.228 e. The second kappa shape index (κ2) is 9.43. The zero-order chi connectivity index (χ0) is 22.8. The lowest BCUT2D eigenvalue weighted by molar-refractivity contribution is 0.238. The molecule has 3 aromatic rings. The number of nitrogens with zero attached hydrogens (tertiary/aromatic N) is 4. The van der Waals surface area contributed by atoms with Crippen LogP contribution in [0.2, 0.25) is 0 Å². The molecule has 33 heavy (non-hydrogen) atoms. The molecule has 0 radical (unpaired) electrons. The van der Waals surface area contributed by atoms with E-state index in [0.29, 0.717) is 18.4 Å². The Bertz CT molecular complexity index is 1150. The van der Waals surface area contributed by atoms with Gasteiger partial charge in [0.15, 0.2) is 11.6 Å². The highest BCUT2D eigenvalue weighted by atomic mass is 19.2. The average Bonchev–Trinajstić information content (AvgIpc) is 2.82. The highest BCUT2D eigenvalue weighted by molar-refractivity contribution is 5.44. The summed E-state index contributed by atoms with van der Waals surface area (Å²) in [7, 11) is 0. The third-order valence-corrected chi connectivity index (χ3v) is 6.32. The van der Waals surface area contributed by atoms with Gasteiger partial charge in [-0.15, -0.1) is 0 Å². The molecule has 172 valence electrons. The zero-order valence-electron chi connectivity index (χ0n) is 18.9. The van der Waals surface area contributed by atoms with E-state index in [4.69, 9.17) is 14.7 Å². The van der Waals surface area contributed by atoms with Crippen LogP contribution >= 0.6 is 0 Å². The fourth-order valence-electron chi connectivity index (χ4n) is 4.60. The van der Waals surface area contributed by atoms with Crippen molar-refractivity contribution >= 4 is 5.95 Å². The van der Waals surface area contributed by atoms with Gasteiger partial charge >= 0.3 is 0 Å². The van der Waals surface area contributed by atoms with Crippen LogP contribution in [0.1, 0.15) is 41.6 Å². The lowest BCUT2D eigenvalue weighted by atomic mass is 10.0. The third-order valence-electron chi connectivity index (χ3n) is 6.32. The van der Waals surface area contributed by atoms with Crippen LogP contribution in [0, 0.1) is 18.6 Å². The Balaban J connectivity index is 1.46. The number of rotatable bonds is 5. The summed E-state index contributed by atoms with van der Waals surface area (Å²) >= 11 is 0. The molecule has 0 spiro atoms. The van der Waals surface area contributed by atoms with E-state index in [2.05, 4.69) is 41.0 Å². The molecule has 2 aliphatic rings. The summed E-state index contributed by atoms with van der Waals surface area (Å²) in [6.45, 7) is 6.29. The minimum atomic E-state index is -0.937. The van der Waals surface area contributed by atoms with E-state index in [9.17, 15) is 8.78 Å². The Morgan fingerprint density at radius 3 is 2.58 bits per heavy atom. The molecule has 0 N–H and O–H groups in total. The van der Waals surface area contributed by atoms with E-state index in [1.807, 2.05) is 0 Å². The minimum absolute atomic E-state index is 0.232. The molecule has 0 bridgehead atoms. The highest BCUT2D eigenvalue weighted by Gasteiger charge is 2.26. The predicted molar refractivity (Wildman–Crippen MR) is 124 cm³/mol. The van der Waals surface area contributed by atoms with E-state index in [1.54, 1.807) is 0 Å². The Kier molecular flexibility index (Phi) is 6.22. The lowest BCUT2D eigenvalue weighted by Gasteiger charge is -2.32. The molecule has 5 rings (SSSR count). The van der Waals surface area contributed by atoms with Gasteiger partial charge in [0.2, 0.25) is 11.8 Å². The molecule has 2 aromatic carbocycles. The van der Waals surface area contributed by atoms with Gasteiger partial charge in [-0.25, -0.2) is 13.8 Å². The van der Waals surface area contributed by atoms with Gasteiger partial charge < -0.3 is 9.64 Å². The normalized spacial score (nSPS) is 16.5. The summed E-state index contributed by atoms with van der Waals surface area (Å²) in [4.78, 5) is 14.2. The largest absolute Gasteiger partial charge is 0.438 e. The molecule has 0 unspecified atom stereocenters. The number of fused-ring (bicyclic) bond motifs is 1. The van der Waals surface area contributed by atoms with Crippen LogP contribution in [0.5, 0.6) is 11.6 Å². The van der Waals surface area contributed by atoms with Crippen LogP contribution in [-0.4, -0.2) is 34.5 Å². The van der Waals surface area contributed by atoms with Crippen LogP contribution in [0.25, 0.3) is 0 Å². The first-order chi connectivity index (χ1) is 16.0. The topological polar surface area (TPSA) is 41.5 Å². The van der Waals surface area contributed by atoms with E-state index in [1.165, 1.54) is 23.6 Å². The minimum Gasteiger partial charge on any atom is -0.438 e. The Morgan fingerprint density at radius 2 is 1.79 bits per heavy atom. The lowest BCUT2D eigenvalue weighted by Crippen LogP contribution is -2.34. The first-order valence-electron chi connectivity index (χ1n) is 11.6. The molecule has 1 fully saturated rings. The summed E-state index contributed by atoms with van der Waals surface area (Å²) in [6.07, 6.45) is 4.24. The van der Waals surface area contributed by atoms with Gasteiger partial charge in [-0.05, 0) is 43.9 Å². The maximum Gasteiger partial charge on any atom is 0.228 e. The Labute approximate surface area is 193 Å². The summed E-state index contributed by atoms with van der Waals surface area (Å²) in [5.74, 6) is -0.507. The number of aromatic nitrogens is 2. The predicted octanol–water partition coefficient (Wildman–Crippen LogP) is 5.40. The van der Waals surface area contributed by atoms with Crippen molar-refractivity contribution in [3.8, 4) is 11.6 Å². The van der Waals surface area contributed by atoms with E-state index < -0.39 is 11.6 Å². The summed E-state index contributed by atoms with van der Waals surface area (Å²) in [6, 6.07) is 12.1. The molecule has 2 aliphatic heterocycles. The van der Waals surface area contributed by atoms with Crippen LogP contribution in [0.3, 0.4) is 0 Å². The number of piperidine rings is 1. The molecule has 1 saturated heterocycles. The number of benzene rings is 2. The molecule has 0 amide bonds. The molecule has 0 saturated carbocycles.